The predicted octanol–water partition coefficient (Wildman–Crippen LogP) is 4.75. The molecular weight excluding hydrogens is 382 g/mol. The van der Waals surface area contributed by atoms with E-state index in [1.54, 1.807) is 30.2 Å². The largest absolute Gasteiger partial charge is 0.497 e. The highest BCUT2D eigenvalue weighted by Gasteiger charge is 2.29. The van der Waals surface area contributed by atoms with Gasteiger partial charge in [-0.05, 0) is 54.7 Å². The van der Waals surface area contributed by atoms with Gasteiger partial charge in [0.25, 0.3) is 10.7 Å². The summed E-state index contributed by atoms with van der Waals surface area (Å²) >= 11 is 6.98. The molecule has 1 aromatic carbocycles. The van der Waals surface area contributed by atoms with Crippen molar-refractivity contribution in [1.29, 1.82) is 0 Å². The molecule has 0 radical (unpaired) electrons. The first kappa shape index (κ1) is 18.2. The van der Waals surface area contributed by atoms with Crippen LogP contribution in [-0.4, -0.2) is 35.4 Å². The SMILES string of the molecule is COc1ccc(OC)c([C@@H]2CCCN2Cn2nc(-c3cccs3)oc2=S)c1. The summed E-state index contributed by atoms with van der Waals surface area (Å²) in [6, 6.07) is 10.1. The molecule has 8 heteroatoms. The minimum Gasteiger partial charge on any atom is -0.497 e. The fourth-order valence-corrected chi connectivity index (χ4v) is 4.34. The van der Waals surface area contributed by atoms with Gasteiger partial charge >= 0.3 is 0 Å². The second kappa shape index (κ2) is 7.84. The topological polar surface area (TPSA) is 52.7 Å². The lowest BCUT2D eigenvalue weighted by Crippen LogP contribution is -2.27. The first-order valence-corrected chi connectivity index (χ1v) is 10.1. The molecule has 1 fully saturated rings. The van der Waals surface area contributed by atoms with Gasteiger partial charge in [-0.3, -0.25) is 4.90 Å². The lowest BCUT2D eigenvalue weighted by atomic mass is 10.0. The Hall–Kier alpha value is -2.16. The van der Waals surface area contributed by atoms with E-state index >= 15 is 0 Å². The Bertz CT molecular complexity index is 965. The van der Waals surface area contributed by atoms with Gasteiger partial charge in [-0.25, -0.2) is 4.68 Å². The summed E-state index contributed by atoms with van der Waals surface area (Å²) in [5, 5.41) is 6.58. The second-order valence-corrected chi connectivity index (χ2v) is 7.67. The summed E-state index contributed by atoms with van der Waals surface area (Å²) in [6.07, 6.45) is 2.15. The van der Waals surface area contributed by atoms with Crippen molar-refractivity contribution in [2.24, 2.45) is 0 Å². The molecule has 6 nitrogen and oxygen atoms in total. The van der Waals surface area contributed by atoms with E-state index in [4.69, 9.17) is 26.1 Å². The number of nitrogens with zero attached hydrogens (tertiary/aromatic N) is 3. The smallest absolute Gasteiger partial charge is 0.288 e. The third-order valence-electron chi connectivity index (χ3n) is 4.81. The zero-order valence-electron chi connectivity index (χ0n) is 15.3. The minimum absolute atomic E-state index is 0.221. The number of aromatic nitrogens is 2. The molecule has 4 rings (SSSR count). The Morgan fingerprint density at radius 2 is 2.19 bits per heavy atom. The van der Waals surface area contributed by atoms with Crippen molar-refractivity contribution in [3.8, 4) is 22.3 Å². The van der Waals surface area contributed by atoms with Crippen LogP contribution in [0.3, 0.4) is 0 Å². The van der Waals surface area contributed by atoms with Gasteiger partial charge in [-0.1, -0.05) is 6.07 Å². The van der Waals surface area contributed by atoms with E-state index in [0.717, 1.165) is 41.3 Å². The van der Waals surface area contributed by atoms with Crippen LogP contribution in [0.4, 0.5) is 0 Å². The van der Waals surface area contributed by atoms with Gasteiger partial charge < -0.3 is 13.9 Å². The maximum atomic E-state index is 5.70. The zero-order valence-corrected chi connectivity index (χ0v) is 16.9. The van der Waals surface area contributed by atoms with Gasteiger partial charge in [0.15, 0.2) is 0 Å². The maximum absolute atomic E-state index is 5.70. The zero-order chi connectivity index (χ0) is 18.8. The average molecular weight is 404 g/mol. The number of methoxy groups -OCH3 is 2. The lowest BCUT2D eigenvalue weighted by Gasteiger charge is -2.26. The highest BCUT2D eigenvalue weighted by atomic mass is 32.1. The van der Waals surface area contributed by atoms with Gasteiger partial charge in [0, 0.05) is 18.2 Å². The van der Waals surface area contributed by atoms with Gasteiger partial charge in [-0.15, -0.1) is 16.4 Å². The van der Waals surface area contributed by atoms with Crippen molar-refractivity contribution in [2.45, 2.75) is 25.6 Å². The number of hydrogen-bond acceptors (Lipinski definition) is 7. The van der Waals surface area contributed by atoms with Crippen molar-refractivity contribution < 1.29 is 13.9 Å². The summed E-state index contributed by atoms with van der Waals surface area (Å²) in [6.45, 7) is 1.55. The molecule has 0 saturated carbocycles. The highest BCUT2D eigenvalue weighted by molar-refractivity contribution is 7.71. The van der Waals surface area contributed by atoms with E-state index in [1.807, 2.05) is 29.6 Å². The first-order chi connectivity index (χ1) is 13.2. The van der Waals surface area contributed by atoms with E-state index in [0.29, 0.717) is 17.4 Å². The molecule has 142 valence electrons. The van der Waals surface area contributed by atoms with Crippen LogP contribution in [0.5, 0.6) is 11.5 Å². The molecule has 0 N–H and O–H groups in total. The van der Waals surface area contributed by atoms with Crippen LogP contribution in [0.25, 0.3) is 10.8 Å². The van der Waals surface area contributed by atoms with Crippen molar-refractivity contribution in [3.63, 3.8) is 0 Å². The van der Waals surface area contributed by atoms with Gasteiger partial charge in [0.1, 0.15) is 11.5 Å². The van der Waals surface area contributed by atoms with Crippen LogP contribution >= 0.6 is 23.6 Å². The molecule has 0 bridgehead atoms. The summed E-state index contributed by atoms with van der Waals surface area (Å²) in [5.74, 6) is 2.27. The van der Waals surface area contributed by atoms with Crippen molar-refractivity contribution >= 4 is 23.6 Å². The van der Waals surface area contributed by atoms with Crippen LogP contribution < -0.4 is 9.47 Å². The van der Waals surface area contributed by atoms with Crippen molar-refractivity contribution in [3.05, 3.63) is 46.1 Å². The quantitative estimate of drug-likeness (QED) is 0.554. The fraction of sp³-hybridized carbons (Fsp3) is 0.368. The molecule has 3 heterocycles. The monoisotopic (exact) mass is 403 g/mol. The molecule has 1 aliphatic heterocycles. The van der Waals surface area contributed by atoms with E-state index in [1.165, 1.54) is 0 Å². The number of hydrogen-bond donors (Lipinski definition) is 0. The van der Waals surface area contributed by atoms with Gasteiger partial charge in [0.05, 0.1) is 25.8 Å². The molecule has 0 amide bonds. The molecule has 2 aromatic heterocycles. The van der Waals surface area contributed by atoms with Crippen LogP contribution in [0.15, 0.2) is 40.1 Å². The van der Waals surface area contributed by atoms with E-state index in [-0.39, 0.29) is 6.04 Å². The predicted molar refractivity (Wildman–Crippen MR) is 107 cm³/mol. The normalized spacial score (nSPS) is 17.3. The molecule has 0 unspecified atom stereocenters. The van der Waals surface area contributed by atoms with Crippen molar-refractivity contribution in [2.75, 3.05) is 20.8 Å². The standard InChI is InChI=1S/C19H21N3O3S2/c1-23-13-7-8-16(24-2)14(11-13)15-5-3-9-21(15)12-22-19(26)25-18(20-22)17-6-4-10-27-17/h4,6-8,10-11,15H,3,5,9,12H2,1-2H3/t15-/m0/s1. The molecule has 27 heavy (non-hydrogen) atoms. The minimum atomic E-state index is 0.221. The third-order valence-corrected chi connectivity index (χ3v) is 5.97. The van der Waals surface area contributed by atoms with Crippen molar-refractivity contribution in [1.82, 2.24) is 14.7 Å². The van der Waals surface area contributed by atoms with Crippen LogP contribution in [0, 0.1) is 4.84 Å². The fourth-order valence-electron chi connectivity index (χ4n) is 3.51. The number of thiophene rings is 1. The van der Waals surface area contributed by atoms with E-state index < -0.39 is 0 Å². The molecule has 1 saturated heterocycles. The Kier molecular flexibility index (Phi) is 5.29. The summed E-state index contributed by atoms with van der Waals surface area (Å²) in [5.41, 5.74) is 1.13. The summed E-state index contributed by atoms with van der Waals surface area (Å²) < 4.78 is 18.5. The lowest BCUT2D eigenvalue weighted by molar-refractivity contribution is 0.184. The van der Waals surface area contributed by atoms with Crippen LogP contribution in [0.2, 0.25) is 0 Å². The second-order valence-electron chi connectivity index (χ2n) is 6.37. The molecule has 1 atom stereocenters. The Morgan fingerprint density at radius 1 is 1.30 bits per heavy atom. The summed E-state index contributed by atoms with van der Waals surface area (Å²) in [4.78, 5) is 3.72. The average Bonchev–Trinajstić information content (AvgIpc) is 3.43. The van der Waals surface area contributed by atoms with Crippen LogP contribution in [0.1, 0.15) is 24.4 Å². The maximum Gasteiger partial charge on any atom is 0.288 e. The Labute approximate surface area is 166 Å². The first-order valence-electron chi connectivity index (χ1n) is 8.77. The van der Waals surface area contributed by atoms with E-state index in [2.05, 4.69) is 16.1 Å². The van der Waals surface area contributed by atoms with Crippen LogP contribution in [-0.2, 0) is 6.67 Å². The third kappa shape index (κ3) is 3.65. The molecule has 3 aromatic rings. The van der Waals surface area contributed by atoms with E-state index in [9.17, 15) is 0 Å². The molecule has 0 spiro atoms. The number of benzene rings is 1. The highest BCUT2D eigenvalue weighted by Crippen LogP contribution is 2.39. The summed E-state index contributed by atoms with van der Waals surface area (Å²) in [7, 11) is 3.38. The molecule has 1 aliphatic rings. The Morgan fingerprint density at radius 3 is 2.93 bits per heavy atom. The Balaban J connectivity index is 1.61. The number of rotatable bonds is 6. The number of ether oxygens (including phenoxy) is 2. The molecular formula is C19H21N3O3S2. The van der Waals surface area contributed by atoms with Gasteiger partial charge in [0.2, 0.25) is 0 Å². The van der Waals surface area contributed by atoms with Gasteiger partial charge in [-0.2, -0.15) is 0 Å². The molecule has 0 aliphatic carbocycles. The number of likely N-dealkylation sites (tertiary alicyclic amines) is 1.